The minimum absolute atomic E-state index is 0. The first kappa shape index (κ1) is 15.7. The lowest BCUT2D eigenvalue weighted by atomic mass is 10.1. The highest BCUT2D eigenvalue weighted by Crippen LogP contribution is 2.22. The summed E-state index contributed by atoms with van der Waals surface area (Å²) in [5, 5.41) is 0. The Kier molecular flexibility index (Phi) is 6.07. The molecule has 1 aromatic rings. The van der Waals surface area contributed by atoms with Crippen LogP contribution in [0.3, 0.4) is 0 Å². The van der Waals surface area contributed by atoms with E-state index in [9.17, 15) is 4.79 Å². The van der Waals surface area contributed by atoms with Crippen LogP contribution >= 0.6 is 24.0 Å². The van der Waals surface area contributed by atoms with Gasteiger partial charge < -0.3 is 16.4 Å². The average molecular weight is 374 g/mol. The van der Waals surface area contributed by atoms with Crippen molar-refractivity contribution in [2.75, 3.05) is 6.54 Å². The molecule has 0 spiro atoms. The lowest BCUT2D eigenvalue weighted by molar-refractivity contribution is -0.131. The highest BCUT2D eigenvalue weighted by molar-refractivity contribution is 14.0. The second-order valence-corrected chi connectivity index (χ2v) is 4.43. The molecule has 0 radical (unpaired) electrons. The Morgan fingerprint density at radius 3 is 2.32 bits per heavy atom. The predicted octanol–water partition coefficient (Wildman–Crippen LogP) is 1.20. The Bertz CT molecular complexity index is 446. The van der Waals surface area contributed by atoms with E-state index in [-0.39, 0.29) is 35.8 Å². The second-order valence-electron chi connectivity index (χ2n) is 4.43. The maximum atomic E-state index is 12.0. The lowest BCUT2D eigenvalue weighted by Crippen LogP contribution is -2.25. The molecule has 0 atom stereocenters. The molecule has 19 heavy (non-hydrogen) atoms. The number of benzene rings is 1. The van der Waals surface area contributed by atoms with E-state index in [4.69, 9.17) is 11.5 Å². The molecule has 1 aromatic carbocycles. The largest absolute Gasteiger partial charge is 0.370 e. The van der Waals surface area contributed by atoms with Gasteiger partial charge in [0.25, 0.3) is 0 Å². The van der Waals surface area contributed by atoms with Crippen molar-refractivity contribution in [1.82, 2.24) is 4.90 Å². The number of halogens is 1. The van der Waals surface area contributed by atoms with Crippen molar-refractivity contribution in [2.24, 2.45) is 16.5 Å². The van der Waals surface area contributed by atoms with Crippen molar-refractivity contribution in [2.45, 2.75) is 25.9 Å². The van der Waals surface area contributed by atoms with Gasteiger partial charge in [-0.15, -0.1) is 24.0 Å². The Morgan fingerprint density at radius 2 is 1.79 bits per heavy atom. The summed E-state index contributed by atoms with van der Waals surface area (Å²) in [5.41, 5.74) is 12.9. The molecule has 0 aliphatic carbocycles. The van der Waals surface area contributed by atoms with E-state index in [1.807, 2.05) is 17.0 Å². The SMILES string of the molecule is I.NC(N)=NCCCC(=O)N1Cc2ccccc2C1. The molecular weight excluding hydrogens is 355 g/mol. The zero-order chi connectivity index (χ0) is 13.0. The first-order valence-corrected chi connectivity index (χ1v) is 6.07. The lowest BCUT2D eigenvalue weighted by Gasteiger charge is -2.14. The van der Waals surface area contributed by atoms with E-state index < -0.39 is 0 Å². The van der Waals surface area contributed by atoms with Crippen molar-refractivity contribution in [3.63, 3.8) is 0 Å². The van der Waals surface area contributed by atoms with Crippen molar-refractivity contribution < 1.29 is 4.79 Å². The molecule has 1 heterocycles. The van der Waals surface area contributed by atoms with Crippen molar-refractivity contribution in [1.29, 1.82) is 0 Å². The summed E-state index contributed by atoms with van der Waals surface area (Å²) < 4.78 is 0. The van der Waals surface area contributed by atoms with Crippen LogP contribution in [0.2, 0.25) is 0 Å². The molecule has 104 valence electrons. The van der Waals surface area contributed by atoms with Gasteiger partial charge >= 0.3 is 0 Å². The number of aliphatic imine (C=N–C) groups is 1. The van der Waals surface area contributed by atoms with Gasteiger partial charge in [-0.25, -0.2) is 0 Å². The van der Waals surface area contributed by atoms with Gasteiger partial charge in [-0.3, -0.25) is 9.79 Å². The Morgan fingerprint density at radius 1 is 1.21 bits per heavy atom. The molecule has 0 unspecified atom stereocenters. The van der Waals surface area contributed by atoms with E-state index in [0.717, 1.165) is 13.1 Å². The summed E-state index contributed by atoms with van der Waals surface area (Å²) in [7, 11) is 0. The number of fused-ring (bicyclic) bond motifs is 1. The number of guanidine groups is 1. The summed E-state index contributed by atoms with van der Waals surface area (Å²) in [6.45, 7) is 1.95. The van der Waals surface area contributed by atoms with Crippen LogP contribution in [0.4, 0.5) is 0 Å². The summed E-state index contributed by atoms with van der Waals surface area (Å²) in [6, 6.07) is 8.15. The molecule has 1 amide bonds. The van der Waals surface area contributed by atoms with E-state index in [2.05, 4.69) is 17.1 Å². The van der Waals surface area contributed by atoms with Crippen LogP contribution in [-0.4, -0.2) is 23.3 Å². The quantitative estimate of drug-likeness (QED) is 0.360. The number of nitrogens with zero attached hydrogens (tertiary/aromatic N) is 2. The van der Waals surface area contributed by atoms with Crippen LogP contribution in [0.1, 0.15) is 24.0 Å². The van der Waals surface area contributed by atoms with Crippen molar-refractivity contribution in [3.05, 3.63) is 35.4 Å². The van der Waals surface area contributed by atoms with E-state index >= 15 is 0 Å². The van der Waals surface area contributed by atoms with Gasteiger partial charge in [0, 0.05) is 26.1 Å². The van der Waals surface area contributed by atoms with Gasteiger partial charge in [0.1, 0.15) is 0 Å². The number of nitrogens with two attached hydrogens (primary N) is 2. The third kappa shape index (κ3) is 4.38. The summed E-state index contributed by atoms with van der Waals surface area (Å²) in [6.07, 6.45) is 1.17. The molecule has 0 saturated heterocycles. The smallest absolute Gasteiger partial charge is 0.223 e. The highest BCUT2D eigenvalue weighted by Gasteiger charge is 2.21. The molecule has 0 saturated carbocycles. The third-order valence-corrected chi connectivity index (χ3v) is 3.04. The van der Waals surface area contributed by atoms with Crippen LogP contribution < -0.4 is 11.5 Å². The van der Waals surface area contributed by atoms with Crippen molar-refractivity contribution in [3.8, 4) is 0 Å². The summed E-state index contributed by atoms with van der Waals surface area (Å²) in [4.78, 5) is 17.7. The number of carbonyl (C=O) groups excluding carboxylic acids is 1. The summed E-state index contributed by atoms with van der Waals surface area (Å²) >= 11 is 0. The minimum atomic E-state index is 0. The van der Waals surface area contributed by atoms with Gasteiger partial charge in [-0.1, -0.05) is 24.3 Å². The number of carbonyl (C=O) groups is 1. The maximum Gasteiger partial charge on any atom is 0.223 e. The normalized spacial score (nSPS) is 12.5. The standard InChI is InChI=1S/C13H18N4O.HI/c14-13(15)16-7-3-6-12(18)17-8-10-4-1-2-5-11(10)9-17;/h1-2,4-5H,3,6-9H2,(H4,14,15,16);1H. The van der Waals surface area contributed by atoms with Crippen LogP contribution in [0.25, 0.3) is 0 Å². The van der Waals surface area contributed by atoms with Crippen LogP contribution in [0, 0.1) is 0 Å². The van der Waals surface area contributed by atoms with E-state index in [1.54, 1.807) is 0 Å². The molecule has 0 aromatic heterocycles. The molecule has 4 N–H and O–H groups in total. The fourth-order valence-electron chi connectivity index (χ4n) is 2.11. The van der Waals surface area contributed by atoms with Gasteiger partial charge in [0.2, 0.25) is 5.91 Å². The van der Waals surface area contributed by atoms with Gasteiger partial charge in [-0.05, 0) is 17.5 Å². The molecule has 6 heteroatoms. The van der Waals surface area contributed by atoms with E-state index in [0.29, 0.717) is 19.4 Å². The third-order valence-electron chi connectivity index (χ3n) is 3.04. The first-order valence-electron chi connectivity index (χ1n) is 6.07. The molecule has 2 rings (SSSR count). The number of amides is 1. The first-order chi connectivity index (χ1) is 8.66. The Hall–Kier alpha value is -1.31. The Balaban J connectivity index is 0.00000180. The second kappa shape index (κ2) is 7.32. The molecule has 1 aliphatic heterocycles. The predicted molar refractivity (Wildman–Crippen MR) is 86.0 cm³/mol. The highest BCUT2D eigenvalue weighted by atomic mass is 127. The maximum absolute atomic E-state index is 12.0. The zero-order valence-corrected chi connectivity index (χ0v) is 13.0. The van der Waals surface area contributed by atoms with Crippen LogP contribution in [0.15, 0.2) is 29.3 Å². The van der Waals surface area contributed by atoms with Gasteiger partial charge in [0.05, 0.1) is 0 Å². The van der Waals surface area contributed by atoms with E-state index in [1.165, 1.54) is 11.1 Å². The summed E-state index contributed by atoms with van der Waals surface area (Å²) in [5.74, 6) is 0.244. The fourth-order valence-corrected chi connectivity index (χ4v) is 2.11. The van der Waals surface area contributed by atoms with Crippen LogP contribution in [0.5, 0.6) is 0 Å². The zero-order valence-electron chi connectivity index (χ0n) is 10.7. The number of hydrogen-bond acceptors (Lipinski definition) is 2. The van der Waals surface area contributed by atoms with Crippen LogP contribution in [-0.2, 0) is 17.9 Å². The molecule has 0 fully saturated rings. The molecular formula is C13H19IN4O. The Labute approximate surface area is 130 Å². The number of hydrogen-bond donors (Lipinski definition) is 2. The van der Waals surface area contributed by atoms with Gasteiger partial charge in [0.15, 0.2) is 5.96 Å². The monoisotopic (exact) mass is 374 g/mol. The average Bonchev–Trinajstić information content (AvgIpc) is 2.78. The molecule has 5 nitrogen and oxygen atoms in total. The number of rotatable bonds is 4. The van der Waals surface area contributed by atoms with Gasteiger partial charge in [-0.2, -0.15) is 0 Å². The minimum Gasteiger partial charge on any atom is -0.370 e. The fraction of sp³-hybridized carbons (Fsp3) is 0.385. The molecule has 1 aliphatic rings. The molecule has 0 bridgehead atoms. The van der Waals surface area contributed by atoms with Crippen molar-refractivity contribution >= 4 is 35.8 Å². The topological polar surface area (TPSA) is 84.7 Å².